The highest BCUT2D eigenvalue weighted by molar-refractivity contribution is 7.12. The first kappa shape index (κ1) is 13.6. The van der Waals surface area contributed by atoms with Gasteiger partial charge < -0.3 is 9.88 Å². The fourth-order valence-corrected chi connectivity index (χ4v) is 2.77. The van der Waals surface area contributed by atoms with E-state index < -0.39 is 0 Å². The minimum atomic E-state index is -0.0109. The fourth-order valence-electron chi connectivity index (χ4n) is 1.98. The summed E-state index contributed by atoms with van der Waals surface area (Å²) in [7, 11) is 0. The highest BCUT2D eigenvalue weighted by atomic mass is 32.1. The highest BCUT2D eigenvalue weighted by Crippen LogP contribution is 2.15. The molecule has 0 saturated heterocycles. The van der Waals surface area contributed by atoms with Crippen LogP contribution >= 0.6 is 11.3 Å². The molecule has 0 unspecified atom stereocenters. The van der Waals surface area contributed by atoms with E-state index in [4.69, 9.17) is 0 Å². The van der Waals surface area contributed by atoms with Crippen LogP contribution in [-0.4, -0.2) is 15.5 Å². The summed E-state index contributed by atoms with van der Waals surface area (Å²) in [6.45, 7) is 0.550. The Hall–Kier alpha value is -2.40. The predicted octanol–water partition coefficient (Wildman–Crippen LogP) is 2.79. The number of rotatable bonds is 5. The van der Waals surface area contributed by atoms with Crippen LogP contribution in [-0.2, 0) is 17.8 Å². The number of thiazole rings is 1. The summed E-state index contributed by atoms with van der Waals surface area (Å²) in [5, 5.41) is 5.72. The molecule has 0 bridgehead atoms. The van der Waals surface area contributed by atoms with Crippen molar-refractivity contribution in [2.45, 2.75) is 13.0 Å². The molecule has 21 heavy (non-hydrogen) atoms. The smallest absolute Gasteiger partial charge is 0.226 e. The molecule has 3 rings (SSSR count). The van der Waals surface area contributed by atoms with Crippen molar-refractivity contribution in [2.24, 2.45) is 0 Å². The molecule has 1 amide bonds. The van der Waals surface area contributed by atoms with Gasteiger partial charge in [0.15, 0.2) is 5.13 Å². The van der Waals surface area contributed by atoms with Crippen molar-refractivity contribution < 1.29 is 4.79 Å². The zero-order valence-electron chi connectivity index (χ0n) is 11.4. The summed E-state index contributed by atoms with van der Waals surface area (Å²) in [4.78, 5) is 16.4. The average molecular weight is 297 g/mol. The molecule has 0 aliphatic carbocycles. The highest BCUT2D eigenvalue weighted by Gasteiger charge is 2.08. The van der Waals surface area contributed by atoms with Gasteiger partial charge in [-0.1, -0.05) is 30.3 Å². The zero-order valence-corrected chi connectivity index (χ0v) is 12.2. The Labute approximate surface area is 127 Å². The van der Waals surface area contributed by atoms with Gasteiger partial charge in [-0.3, -0.25) is 4.79 Å². The molecule has 5 heteroatoms. The largest absolute Gasteiger partial charge is 0.352 e. The maximum absolute atomic E-state index is 11.9. The zero-order chi connectivity index (χ0) is 14.5. The maximum atomic E-state index is 11.9. The van der Waals surface area contributed by atoms with Crippen molar-refractivity contribution >= 4 is 17.2 Å². The number of nitrogens with zero attached hydrogens (tertiary/aromatic N) is 2. The third kappa shape index (κ3) is 3.58. The van der Waals surface area contributed by atoms with Gasteiger partial charge in [-0.25, -0.2) is 4.98 Å². The molecule has 0 aliphatic rings. The molecule has 0 radical (unpaired) electrons. The number of carbonyl (C=O) groups is 1. The molecular weight excluding hydrogens is 282 g/mol. The molecule has 3 aromatic rings. The molecule has 1 aromatic carbocycles. The lowest BCUT2D eigenvalue weighted by atomic mass is 10.2. The maximum Gasteiger partial charge on any atom is 0.226 e. The lowest BCUT2D eigenvalue weighted by molar-refractivity contribution is -0.120. The molecule has 0 atom stereocenters. The van der Waals surface area contributed by atoms with Gasteiger partial charge in [0.1, 0.15) is 0 Å². The van der Waals surface area contributed by atoms with Crippen LogP contribution in [0.3, 0.4) is 0 Å². The van der Waals surface area contributed by atoms with Crippen LogP contribution < -0.4 is 5.32 Å². The predicted molar refractivity (Wildman–Crippen MR) is 83.4 cm³/mol. The third-order valence-corrected chi connectivity index (χ3v) is 3.94. The number of carbonyl (C=O) groups excluding carboxylic acids is 1. The number of amides is 1. The van der Waals surface area contributed by atoms with E-state index in [0.29, 0.717) is 13.0 Å². The Bertz CT molecular complexity index is 704. The van der Waals surface area contributed by atoms with E-state index in [-0.39, 0.29) is 5.91 Å². The number of benzene rings is 1. The summed E-state index contributed by atoms with van der Waals surface area (Å²) >= 11 is 1.54. The fraction of sp³-hybridized carbons (Fsp3) is 0.125. The van der Waals surface area contributed by atoms with Crippen molar-refractivity contribution in [2.75, 3.05) is 0 Å². The van der Waals surface area contributed by atoms with Gasteiger partial charge in [-0.15, -0.1) is 11.3 Å². The molecule has 0 saturated carbocycles. The molecule has 0 spiro atoms. The number of hydrogen-bond acceptors (Lipinski definition) is 3. The van der Waals surface area contributed by atoms with Crippen LogP contribution in [0.25, 0.3) is 5.13 Å². The quantitative estimate of drug-likeness (QED) is 0.787. The molecule has 0 fully saturated rings. The van der Waals surface area contributed by atoms with E-state index in [2.05, 4.69) is 10.3 Å². The van der Waals surface area contributed by atoms with Gasteiger partial charge in [0.25, 0.3) is 0 Å². The van der Waals surface area contributed by atoms with Gasteiger partial charge in [-0.2, -0.15) is 0 Å². The van der Waals surface area contributed by atoms with Gasteiger partial charge in [-0.05, 0) is 17.7 Å². The molecule has 1 N–H and O–H groups in total. The van der Waals surface area contributed by atoms with Gasteiger partial charge in [0.05, 0.1) is 12.1 Å². The monoisotopic (exact) mass is 297 g/mol. The van der Waals surface area contributed by atoms with Crippen LogP contribution in [0.4, 0.5) is 0 Å². The first-order valence-electron chi connectivity index (χ1n) is 6.69. The van der Waals surface area contributed by atoms with Crippen LogP contribution in [0, 0.1) is 0 Å². The lowest BCUT2D eigenvalue weighted by Gasteiger charge is -2.03. The van der Waals surface area contributed by atoms with Crippen LogP contribution in [0.5, 0.6) is 0 Å². The third-order valence-electron chi connectivity index (χ3n) is 3.04. The topological polar surface area (TPSA) is 46.9 Å². The van der Waals surface area contributed by atoms with Gasteiger partial charge in [0, 0.05) is 24.3 Å². The van der Waals surface area contributed by atoms with E-state index in [9.17, 15) is 4.79 Å². The first-order valence-corrected chi connectivity index (χ1v) is 7.57. The van der Waals surface area contributed by atoms with E-state index in [1.807, 2.05) is 64.8 Å². The second-order valence-electron chi connectivity index (χ2n) is 4.65. The minimum absolute atomic E-state index is 0.0109. The van der Waals surface area contributed by atoms with Crippen LogP contribution in [0.2, 0.25) is 0 Å². The Morgan fingerprint density at radius 2 is 1.90 bits per heavy atom. The molecule has 0 aliphatic heterocycles. The molecule has 2 heterocycles. The Kier molecular flexibility index (Phi) is 4.12. The van der Waals surface area contributed by atoms with E-state index in [1.54, 1.807) is 0 Å². The van der Waals surface area contributed by atoms with Crippen LogP contribution in [0.15, 0.2) is 60.2 Å². The number of aromatic nitrogens is 2. The summed E-state index contributed by atoms with van der Waals surface area (Å²) < 4.78 is 1.94. The summed E-state index contributed by atoms with van der Waals surface area (Å²) in [5.41, 5.74) is 1.89. The van der Waals surface area contributed by atoms with Crippen molar-refractivity contribution in [3.8, 4) is 5.13 Å². The SMILES string of the molecule is O=C(Cc1csc(-n2cccc2)n1)NCc1ccccc1. The molecule has 4 nitrogen and oxygen atoms in total. The van der Waals surface area contributed by atoms with Crippen molar-refractivity contribution in [1.82, 2.24) is 14.9 Å². The Morgan fingerprint density at radius 1 is 1.14 bits per heavy atom. The van der Waals surface area contributed by atoms with E-state index in [0.717, 1.165) is 16.4 Å². The van der Waals surface area contributed by atoms with Crippen LogP contribution in [0.1, 0.15) is 11.3 Å². The van der Waals surface area contributed by atoms with Crippen molar-refractivity contribution in [3.63, 3.8) is 0 Å². The second-order valence-corrected chi connectivity index (χ2v) is 5.49. The van der Waals surface area contributed by atoms with Gasteiger partial charge in [0.2, 0.25) is 5.91 Å². The Balaban J connectivity index is 1.55. The second kappa shape index (κ2) is 6.37. The van der Waals surface area contributed by atoms with Gasteiger partial charge >= 0.3 is 0 Å². The molecule has 106 valence electrons. The summed E-state index contributed by atoms with van der Waals surface area (Å²) in [6, 6.07) is 13.8. The molecule has 2 aromatic heterocycles. The average Bonchev–Trinajstić information content (AvgIpc) is 3.17. The normalized spacial score (nSPS) is 10.5. The van der Waals surface area contributed by atoms with E-state index >= 15 is 0 Å². The molecular formula is C16H15N3OS. The number of nitrogens with one attached hydrogen (secondary N) is 1. The Morgan fingerprint density at radius 3 is 2.67 bits per heavy atom. The van der Waals surface area contributed by atoms with E-state index in [1.165, 1.54) is 11.3 Å². The summed E-state index contributed by atoms with van der Waals surface area (Å²) in [6.07, 6.45) is 4.20. The standard InChI is InChI=1S/C16H15N3OS/c20-15(17-11-13-6-2-1-3-7-13)10-14-12-21-16(18-14)19-8-4-5-9-19/h1-9,12H,10-11H2,(H,17,20). The lowest BCUT2D eigenvalue weighted by Crippen LogP contribution is -2.24. The number of hydrogen-bond donors (Lipinski definition) is 1. The van der Waals surface area contributed by atoms with Crippen molar-refractivity contribution in [3.05, 3.63) is 71.5 Å². The van der Waals surface area contributed by atoms with Crippen molar-refractivity contribution in [1.29, 1.82) is 0 Å². The first-order chi connectivity index (χ1) is 10.3. The summed E-state index contributed by atoms with van der Waals surface area (Å²) in [5.74, 6) is -0.0109. The minimum Gasteiger partial charge on any atom is -0.352 e.